The maximum absolute atomic E-state index is 12.5. The number of aromatic nitrogens is 4. The summed E-state index contributed by atoms with van der Waals surface area (Å²) in [4.78, 5) is 20.9. The Morgan fingerprint density at radius 2 is 2.12 bits per heavy atom. The normalized spacial score (nSPS) is 10.8. The van der Waals surface area contributed by atoms with Gasteiger partial charge in [0.05, 0.1) is 24.1 Å². The Morgan fingerprint density at radius 1 is 1.24 bits per heavy atom. The Balaban J connectivity index is 1.60. The predicted molar refractivity (Wildman–Crippen MR) is 96.4 cm³/mol. The topological polar surface area (TPSA) is 64.7 Å². The van der Waals surface area contributed by atoms with Crippen LogP contribution in [0.1, 0.15) is 33.9 Å². The van der Waals surface area contributed by atoms with E-state index in [0.29, 0.717) is 13.1 Å². The lowest BCUT2D eigenvalue weighted by atomic mass is 10.2. The van der Waals surface area contributed by atoms with Crippen LogP contribution in [0.3, 0.4) is 0 Å². The number of nitrogens with one attached hydrogen (secondary N) is 1. The summed E-state index contributed by atoms with van der Waals surface area (Å²) >= 11 is 0. The summed E-state index contributed by atoms with van der Waals surface area (Å²) < 4.78 is 4.13. The fourth-order valence-electron chi connectivity index (χ4n) is 2.91. The summed E-state index contributed by atoms with van der Waals surface area (Å²) in [5.41, 5.74) is 3.75. The average molecular weight is 337 g/mol. The molecule has 25 heavy (non-hydrogen) atoms. The fourth-order valence-corrected chi connectivity index (χ4v) is 2.91. The number of imidazole rings is 1. The van der Waals surface area contributed by atoms with Gasteiger partial charge in [0.15, 0.2) is 0 Å². The fraction of sp³-hybridized carbons (Fsp3) is 0.316. The Morgan fingerprint density at radius 3 is 2.84 bits per heavy atom. The lowest BCUT2D eigenvalue weighted by Gasteiger charge is -2.10. The van der Waals surface area contributed by atoms with Gasteiger partial charge in [0.1, 0.15) is 0 Å². The highest BCUT2D eigenvalue weighted by Crippen LogP contribution is 2.16. The van der Waals surface area contributed by atoms with Gasteiger partial charge in [0.2, 0.25) is 0 Å². The van der Waals surface area contributed by atoms with E-state index in [1.807, 2.05) is 48.9 Å². The number of rotatable bonds is 7. The van der Waals surface area contributed by atoms with Crippen LogP contribution in [0, 0.1) is 13.8 Å². The molecule has 0 aromatic carbocycles. The van der Waals surface area contributed by atoms with E-state index in [0.717, 1.165) is 35.6 Å². The molecule has 0 atom stereocenters. The van der Waals surface area contributed by atoms with E-state index in [1.54, 1.807) is 18.7 Å². The Hall–Kier alpha value is -2.89. The molecule has 0 aliphatic heterocycles. The van der Waals surface area contributed by atoms with Crippen molar-refractivity contribution < 1.29 is 4.79 Å². The van der Waals surface area contributed by atoms with Crippen LogP contribution >= 0.6 is 0 Å². The zero-order chi connectivity index (χ0) is 17.6. The lowest BCUT2D eigenvalue weighted by Crippen LogP contribution is -2.25. The molecule has 0 unspecified atom stereocenters. The summed E-state index contributed by atoms with van der Waals surface area (Å²) in [5.74, 6) is -0.0222. The molecule has 130 valence electrons. The molecular formula is C19H23N5O. The Bertz CT molecular complexity index is 821. The Kier molecular flexibility index (Phi) is 5.28. The van der Waals surface area contributed by atoms with Crippen LogP contribution in [-0.4, -0.2) is 31.6 Å². The van der Waals surface area contributed by atoms with E-state index in [4.69, 9.17) is 0 Å². The van der Waals surface area contributed by atoms with Gasteiger partial charge in [-0.25, -0.2) is 4.98 Å². The SMILES string of the molecule is Cc1cc(C(=O)NCCCn2ccnc2)c(C)n1Cc1ccccn1. The molecule has 1 N–H and O–H groups in total. The van der Waals surface area contributed by atoms with E-state index in [2.05, 4.69) is 19.9 Å². The number of aryl methyl sites for hydroxylation is 2. The molecule has 0 radical (unpaired) electrons. The molecule has 3 aromatic rings. The first kappa shape index (κ1) is 17.0. The van der Waals surface area contributed by atoms with Crippen molar-refractivity contribution >= 4 is 5.91 Å². The summed E-state index contributed by atoms with van der Waals surface area (Å²) in [5, 5.41) is 3.01. The molecule has 6 heteroatoms. The number of hydrogen-bond acceptors (Lipinski definition) is 3. The van der Waals surface area contributed by atoms with Crippen molar-refractivity contribution in [1.29, 1.82) is 0 Å². The zero-order valence-electron chi connectivity index (χ0n) is 14.6. The zero-order valence-corrected chi connectivity index (χ0v) is 14.6. The van der Waals surface area contributed by atoms with Crippen LogP contribution in [0.4, 0.5) is 0 Å². The number of hydrogen-bond donors (Lipinski definition) is 1. The average Bonchev–Trinajstić information content (AvgIpc) is 3.23. The summed E-state index contributed by atoms with van der Waals surface area (Å²) in [6, 6.07) is 7.82. The number of carbonyl (C=O) groups is 1. The van der Waals surface area contributed by atoms with Crippen LogP contribution in [0.5, 0.6) is 0 Å². The minimum absolute atomic E-state index is 0.0222. The van der Waals surface area contributed by atoms with Gasteiger partial charge in [-0.15, -0.1) is 0 Å². The molecular weight excluding hydrogens is 314 g/mol. The monoisotopic (exact) mass is 337 g/mol. The molecule has 1 amide bonds. The molecule has 0 fully saturated rings. The third kappa shape index (κ3) is 4.15. The van der Waals surface area contributed by atoms with Crippen molar-refractivity contribution in [3.8, 4) is 0 Å². The molecule has 0 saturated carbocycles. The molecule has 3 heterocycles. The van der Waals surface area contributed by atoms with Crippen molar-refractivity contribution in [2.45, 2.75) is 33.4 Å². The first-order chi connectivity index (χ1) is 12.1. The van der Waals surface area contributed by atoms with E-state index < -0.39 is 0 Å². The highest BCUT2D eigenvalue weighted by Gasteiger charge is 2.15. The lowest BCUT2D eigenvalue weighted by molar-refractivity contribution is 0.0952. The third-order valence-corrected chi connectivity index (χ3v) is 4.30. The number of amides is 1. The van der Waals surface area contributed by atoms with Crippen molar-refractivity contribution in [2.75, 3.05) is 6.54 Å². The highest BCUT2D eigenvalue weighted by atomic mass is 16.1. The van der Waals surface area contributed by atoms with Crippen LogP contribution in [0.2, 0.25) is 0 Å². The molecule has 0 aliphatic carbocycles. The first-order valence-corrected chi connectivity index (χ1v) is 8.45. The summed E-state index contributed by atoms with van der Waals surface area (Å²) in [6.07, 6.45) is 8.13. The van der Waals surface area contributed by atoms with E-state index in [9.17, 15) is 4.79 Å². The Labute approximate surface area is 147 Å². The smallest absolute Gasteiger partial charge is 0.253 e. The molecule has 3 aromatic heterocycles. The predicted octanol–water partition coefficient (Wildman–Crippen LogP) is 2.56. The maximum Gasteiger partial charge on any atom is 0.253 e. The second-order valence-electron chi connectivity index (χ2n) is 6.10. The number of pyridine rings is 1. The van der Waals surface area contributed by atoms with Gasteiger partial charge in [-0.3, -0.25) is 9.78 Å². The summed E-state index contributed by atoms with van der Waals surface area (Å²) in [6.45, 7) is 6.16. The quantitative estimate of drug-likeness (QED) is 0.674. The highest BCUT2D eigenvalue weighted by molar-refractivity contribution is 5.95. The van der Waals surface area contributed by atoms with Crippen molar-refractivity contribution in [2.24, 2.45) is 0 Å². The van der Waals surface area contributed by atoms with E-state index in [-0.39, 0.29) is 5.91 Å². The standard InChI is InChI=1S/C19H23N5O/c1-15-12-18(16(2)24(15)13-17-6-3-4-7-21-17)19(25)22-8-5-10-23-11-9-20-14-23/h3-4,6-7,9,11-12,14H,5,8,10,13H2,1-2H3,(H,22,25). The molecule has 0 aliphatic rings. The number of nitrogens with zero attached hydrogens (tertiary/aromatic N) is 4. The maximum atomic E-state index is 12.5. The van der Waals surface area contributed by atoms with Crippen molar-refractivity contribution in [3.63, 3.8) is 0 Å². The van der Waals surface area contributed by atoms with E-state index in [1.165, 1.54) is 0 Å². The van der Waals surface area contributed by atoms with Crippen molar-refractivity contribution in [1.82, 2.24) is 24.4 Å². The summed E-state index contributed by atoms with van der Waals surface area (Å²) in [7, 11) is 0. The van der Waals surface area contributed by atoms with Gasteiger partial charge >= 0.3 is 0 Å². The third-order valence-electron chi connectivity index (χ3n) is 4.30. The van der Waals surface area contributed by atoms with Crippen molar-refractivity contribution in [3.05, 3.63) is 71.8 Å². The van der Waals surface area contributed by atoms with E-state index >= 15 is 0 Å². The molecule has 3 rings (SSSR count). The minimum Gasteiger partial charge on any atom is -0.352 e. The van der Waals surface area contributed by atoms with Gasteiger partial charge in [-0.2, -0.15) is 0 Å². The largest absolute Gasteiger partial charge is 0.352 e. The first-order valence-electron chi connectivity index (χ1n) is 8.45. The molecule has 0 saturated heterocycles. The van der Waals surface area contributed by atoms with Gasteiger partial charge in [-0.1, -0.05) is 6.07 Å². The minimum atomic E-state index is -0.0222. The number of carbonyl (C=O) groups excluding carboxylic acids is 1. The van der Waals surface area contributed by atoms with Crippen LogP contribution < -0.4 is 5.32 Å². The van der Waals surface area contributed by atoms with Gasteiger partial charge in [-0.05, 0) is 38.5 Å². The molecule has 6 nitrogen and oxygen atoms in total. The second-order valence-corrected chi connectivity index (χ2v) is 6.10. The second kappa shape index (κ2) is 7.79. The van der Waals surface area contributed by atoms with Gasteiger partial charge < -0.3 is 14.5 Å². The van der Waals surface area contributed by atoms with Crippen LogP contribution in [0.15, 0.2) is 49.2 Å². The van der Waals surface area contributed by atoms with Crippen LogP contribution in [0.25, 0.3) is 0 Å². The van der Waals surface area contributed by atoms with Crippen LogP contribution in [-0.2, 0) is 13.1 Å². The van der Waals surface area contributed by atoms with Gasteiger partial charge in [0.25, 0.3) is 5.91 Å². The molecule has 0 bridgehead atoms. The van der Waals surface area contributed by atoms with Gasteiger partial charge in [0, 0.05) is 43.1 Å². The molecule has 0 spiro atoms.